The molecule has 0 bridgehead atoms. The summed E-state index contributed by atoms with van der Waals surface area (Å²) in [5.41, 5.74) is 0.671. The van der Waals surface area contributed by atoms with Crippen LogP contribution < -0.4 is 4.90 Å². The van der Waals surface area contributed by atoms with Gasteiger partial charge in [0.1, 0.15) is 10.7 Å². The highest BCUT2D eigenvalue weighted by atomic mass is 35.5. The van der Waals surface area contributed by atoms with Gasteiger partial charge in [0.25, 0.3) is 5.88 Å². The van der Waals surface area contributed by atoms with Gasteiger partial charge in [0, 0.05) is 14.0 Å². The summed E-state index contributed by atoms with van der Waals surface area (Å²) in [6, 6.07) is 0. The van der Waals surface area contributed by atoms with Gasteiger partial charge in [-0.1, -0.05) is 23.7 Å². The third kappa shape index (κ3) is 1.83. The van der Waals surface area contributed by atoms with Crippen LogP contribution in [-0.4, -0.2) is 18.1 Å². The Morgan fingerprint density at radius 1 is 1.69 bits per heavy atom. The minimum absolute atomic E-state index is 0.138. The highest BCUT2D eigenvalue weighted by Gasteiger charge is 2.18. The average Bonchev–Trinajstić information content (AvgIpc) is 2.45. The fraction of sp³-hybridized carbons (Fsp3) is 0.500. The number of aromatic nitrogens is 1. The van der Waals surface area contributed by atoms with E-state index in [9.17, 15) is 4.79 Å². The van der Waals surface area contributed by atoms with E-state index in [0.29, 0.717) is 23.0 Å². The van der Waals surface area contributed by atoms with Crippen LogP contribution in [0, 0.1) is 0 Å². The first-order valence-electron chi connectivity index (χ1n) is 3.96. The van der Waals surface area contributed by atoms with Crippen molar-refractivity contribution in [3.8, 4) is 0 Å². The van der Waals surface area contributed by atoms with E-state index in [1.165, 1.54) is 11.8 Å². The molecule has 0 unspecified atom stereocenters. The number of hydrogen-bond donors (Lipinski definition) is 0. The van der Waals surface area contributed by atoms with Crippen molar-refractivity contribution in [3.63, 3.8) is 0 Å². The fourth-order valence-corrected chi connectivity index (χ4v) is 1.20. The van der Waals surface area contributed by atoms with Crippen LogP contribution in [0.2, 0.25) is 5.02 Å². The van der Waals surface area contributed by atoms with Crippen molar-refractivity contribution in [3.05, 3.63) is 10.7 Å². The zero-order chi connectivity index (χ0) is 10.0. The van der Waals surface area contributed by atoms with Crippen LogP contribution in [0.15, 0.2) is 4.52 Å². The molecule has 0 fully saturated rings. The molecule has 0 N–H and O–H groups in total. The molecule has 1 rings (SSSR count). The van der Waals surface area contributed by atoms with Crippen molar-refractivity contribution in [1.29, 1.82) is 0 Å². The molecular formula is C8H11ClN2O2. The Kier molecular flexibility index (Phi) is 2.93. The van der Waals surface area contributed by atoms with Crippen LogP contribution in [0.25, 0.3) is 0 Å². The molecule has 0 aliphatic heterocycles. The smallest absolute Gasteiger partial charge is 0.252 e. The van der Waals surface area contributed by atoms with Crippen LogP contribution in [0.5, 0.6) is 0 Å². The molecule has 0 saturated carbocycles. The highest BCUT2D eigenvalue weighted by Crippen LogP contribution is 2.28. The molecule has 72 valence electrons. The molecule has 0 atom stereocenters. The lowest BCUT2D eigenvalue weighted by Gasteiger charge is -2.09. The SMILES string of the molecule is CCc1noc(N(C)C(C)=O)c1Cl. The van der Waals surface area contributed by atoms with E-state index in [1.54, 1.807) is 7.05 Å². The number of carbonyl (C=O) groups is 1. The Labute approximate surface area is 81.4 Å². The van der Waals surface area contributed by atoms with Gasteiger partial charge >= 0.3 is 0 Å². The first-order valence-corrected chi connectivity index (χ1v) is 4.34. The van der Waals surface area contributed by atoms with Crippen molar-refractivity contribution in [2.45, 2.75) is 20.3 Å². The summed E-state index contributed by atoms with van der Waals surface area (Å²) in [6.07, 6.45) is 0.689. The van der Waals surface area contributed by atoms with Crippen molar-refractivity contribution < 1.29 is 9.32 Å². The van der Waals surface area contributed by atoms with Crippen molar-refractivity contribution in [1.82, 2.24) is 5.16 Å². The second-order valence-corrected chi connectivity index (χ2v) is 3.06. The summed E-state index contributed by atoms with van der Waals surface area (Å²) in [5.74, 6) is 0.173. The maximum Gasteiger partial charge on any atom is 0.252 e. The van der Waals surface area contributed by atoms with Crippen molar-refractivity contribution in [2.24, 2.45) is 0 Å². The average molecular weight is 203 g/mol. The normalized spacial score (nSPS) is 10.2. The lowest BCUT2D eigenvalue weighted by molar-refractivity contribution is -0.116. The zero-order valence-corrected chi connectivity index (χ0v) is 8.55. The monoisotopic (exact) mass is 202 g/mol. The molecule has 0 spiro atoms. The first kappa shape index (κ1) is 10.1. The molecule has 13 heavy (non-hydrogen) atoms. The molecular weight excluding hydrogens is 192 g/mol. The third-order valence-electron chi connectivity index (χ3n) is 1.80. The summed E-state index contributed by atoms with van der Waals surface area (Å²) in [7, 11) is 1.59. The van der Waals surface area contributed by atoms with Gasteiger partial charge in [0.15, 0.2) is 0 Å². The Morgan fingerprint density at radius 2 is 2.31 bits per heavy atom. The Hall–Kier alpha value is -1.03. The van der Waals surface area contributed by atoms with Gasteiger partial charge in [-0.2, -0.15) is 0 Å². The number of aryl methyl sites for hydroxylation is 1. The Bertz CT molecular complexity index is 322. The van der Waals surface area contributed by atoms with Crippen molar-refractivity contribution in [2.75, 3.05) is 11.9 Å². The molecule has 1 aromatic heterocycles. The summed E-state index contributed by atoms with van der Waals surface area (Å²) < 4.78 is 4.93. The van der Waals surface area contributed by atoms with Crippen LogP contribution in [0.1, 0.15) is 19.5 Å². The van der Waals surface area contributed by atoms with E-state index in [1.807, 2.05) is 6.92 Å². The predicted octanol–water partition coefficient (Wildman–Crippen LogP) is 1.87. The lowest BCUT2D eigenvalue weighted by atomic mass is 10.3. The molecule has 1 amide bonds. The van der Waals surface area contributed by atoms with Gasteiger partial charge in [0.2, 0.25) is 5.91 Å². The van der Waals surface area contributed by atoms with Gasteiger partial charge in [-0.3, -0.25) is 9.69 Å². The second kappa shape index (κ2) is 3.79. The summed E-state index contributed by atoms with van der Waals surface area (Å²) in [6.45, 7) is 3.35. The third-order valence-corrected chi connectivity index (χ3v) is 2.18. The number of halogens is 1. The van der Waals surface area contributed by atoms with Crippen LogP contribution >= 0.6 is 11.6 Å². The fourth-order valence-electron chi connectivity index (χ4n) is 0.873. The van der Waals surface area contributed by atoms with E-state index in [-0.39, 0.29) is 5.91 Å². The quantitative estimate of drug-likeness (QED) is 0.736. The molecule has 5 heteroatoms. The molecule has 4 nitrogen and oxygen atoms in total. The standard InChI is InChI=1S/C8H11ClN2O2/c1-4-6-7(9)8(13-10-6)11(3)5(2)12/h4H2,1-3H3. The van der Waals surface area contributed by atoms with Gasteiger partial charge in [0.05, 0.1) is 0 Å². The van der Waals surface area contributed by atoms with E-state index in [4.69, 9.17) is 16.1 Å². The van der Waals surface area contributed by atoms with Gasteiger partial charge in [-0.05, 0) is 6.42 Å². The number of carbonyl (C=O) groups excluding carboxylic acids is 1. The lowest BCUT2D eigenvalue weighted by Crippen LogP contribution is -2.22. The highest BCUT2D eigenvalue weighted by molar-refractivity contribution is 6.33. The van der Waals surface area contributed by atoms with Gasteiger partial charge in [-0.25, -0.2) is 0 Å². The number of anilines is 1. The van der Waals surface area contributed by atoms with Gasteiger partial charge in [-0.15, -0.1) is 0 Å². The van der Waals surface area contributed by atoms with E-state index >= 15 is 0 Å². The minimum atomic E-state index is -0.138. The van der Waals surface area contributed by atoms with Gasteiger partial charge < -0.3 is 4.52 Å². The predicted molar refractivity (Wildman–Crippen MR) is 50.0 cm³/mol. The molecule has 0 radical (unpaired) electrons. The number of hydrogen-bond acceptors (Lipinski definition) is 3. The number of nitrogens with zero attached hydrogens (tertiary/aromatic N) is 2. The molecule has 1 heterocycles. The first-order chi connectivity index (χ1) is 6.07. The summed E-state index contributed by atoms with van der Waals surface area (Å²) in [5, 5.41) is 4.15. The van der Waals surface area contributed by atoms with E-state index in [0.717, 1.165) is 0 Å². The number of amides is 1. The maximum atomic E-state index is 11.0. The maximum absolute atomic E-state index is 11.0. The van der Waals surface area contributed by atoms with Crippen molar-refractivity contribution >= 4 is 23.4 Å². The molecule has 0 aliphatic rings. The summed E-state index contributed by atoms with van der Waals surface area (Å²) >= 11 is 5.91. The molecule has 0 saturated heterocycles. The molecule has 0 aliphatic carbocycles. The van der Waals surface area contributed by atoms with Crippen LogP contribution in [-0.2, 0) is 11.2 Å². The van der Waals surface area contributed by atoms with Crippen LogP contribution in [0.3, 0.4) is 0 Å². The van der Waals surface area contributed by atoms with E-state index < -0.39 is 0 Å². The Balaban J connectivity index is 3.02. The molecule has 0 aromatic carbocycles. The van der Waals surface area contributed by atoms with Crippen LogP contribution in [0.4, 0.5) is 5.88 Å². The Morgan fingerprint density at radius 3 is 2.69 bits per heavy atom. The minimum Gasteiger partial charge on any atom is -0.336 e. The van der Waals surface area contributed by atoms with E-state index in [2.05, 4.69) is 5.16 Å². The second-order valence-electron chi connectivity index (χ2n) is 2.68. The zero-order valence-electron chi connectivity index (χ0n) is 7.80. The largest absolute Gasteiger partial charge is 0.336 e. The summed E-state index contributed by atoms with van der Waals surface area (Å²) in [4.78, 5) is 12.3. The topological polar surface area (TPSA) is 46.3 Å². The molecule has 1 aromatic rings. The number of rotatable bonds is 2.